The predicted molar refractivity (Wildman–Crippen MR) is 91.8 cm³/mol. The maximum atomic E-state index is 12.8. The number of hydrogen-bond donors (Lipinski definition) is 1. The third-order valence-electron chi connectivity index (χ3n) is 3.34. The number of hydrogen-bond acceptors (Lipinski definition) is 4. The molecule has 5 nitrogen and oxygen atoms in total. The molecule has 0 aliphatic carbocycles. The molecule has 7 heteroatoms. The van der Waals surface area contributed by atoms with Crippen molar-refractivity contribution in [1.82, 2.24) is 0 Å². The van der Waals surface area contributed by atoms with Crippen LogP contribution in [0.15, 0.2) is 58.3 Å². The molecule has 0 saturated heterocycles. The summed E-state index contributed by atoms with van der Waals surface area (Å²) in [6.07, 6.45) is 1.92. The van der Waals surface area contributed by atoms with Gasteiger partial charge in [0.05, 0.1) is 16.1 Å². The van der Waals surface area contributed by atoms with Crippen molar-refractivity contribution in [2.24, 2.45) is 0 Å². The van der Waals surface area contributed by atoms with Gasteiger partial charge in [-0.25, -0.2) is 13.2 Å². The van der Waals surface area contributed by atoms with E-state index in [1.807, 2.05) is 6.26 Å². The van der Waals surface area contributed by atoms with Crippen LogP contribution < -0.4 is 4.31 Å². The van der Waals surface area contributed by atoms with Gasteiger partial charge in [0.2, 0.25) is 0 Å². The smallest absolute Gasteiger partial charge is 0.335 e. The van der Waals surface area contributed by atoms with E-state index in [0.717, 1.165) is 4.90 Å². The first-order valence-corrected chi connectivity index (χ1v) is 9.56. The normalized spacial score (nSPS) is 11.2. The molecule has 2 rings (SSSR count). The maximum absolute atomic E-state index is 12.8. The molecule has 1 N–H and O–H groups in total. The van der Waals surface area contributed by atoms with Crippen LogP contribution in [-0.2, 0) is 10.0 Å². The highest BCUT2D eigenvalue weighted by Gasteiger charge is 2.23. The van der Waals surface area contributed by atoms with E-state index in [0.29, 0.717) is 5.69 Å². The molecule has 0 bridgehead atoms. The lowest BCUT2D eigenvalue weighted by atomic mass is 10.2. The van der Waals surface area contributed by atoms with E-state index in [1.54, 1.807) is 31.2 Å². The Morgan fingerprint density at radius 3 is 2.09 bits per heavy atom. The Hall–Kier alpha value is -1.99. The zero-order chi connectivity index (χ0) is 17.0. The molecule has 0 atom stereocenters. The van der Waals surface area contributed by atoms with Gasteiger partial charge in [0.15, 0.2) is 0 Å². The summed E-state index contributed by atoms with van der Waals surface area (Å²) in [5.41, 5.74) is 0.554. The second-order valence-electron chi connectivity index (χ2n) is 4.70. The van der Waals surface area contributed by atoms with Crippen LogP contribution in [0, 0.1) is 0 Å². The average molecular weight is 351 g/mol. The standard InChI is InChI=1S/C16H17NO4S2/c1-3-17(13-6-4-12(5-7-13)16(18)19)23(20,21)15-10-8-14(22-2)9-11-15/h4-11H,3H2,1-2H3,(H,18,19). The van der Waals surface area contributed by atoms with Crippen molar-refractivity contribution >= 4 is 33.4 Å². The molecule has 0 aliphatic rings. The van der Waals surface area contributed by atoms with Crippen molar-refractivity contribution in [1.29, 1.82) is 0 Å². The fourth-order valence-corrected chi connectivity index (χ4v) is 4.02. The molecule has 0 fully saturated rings. The monoisotopic (exact) mass is 351 g/mol. The summed E-state index contributed by atoms with van der Waals surface area (Å²) in [6.45, 7) is 1.98. The van der Waals surface area contributed by atoms with Gasteiger partial charge in [0, 0.05) is 11.4 Å². The highest BCUT2D eigenvalue weighted by Crippen LogP contribution is 2.25. The average Bonchev–Trinajstić information content (AvgIpc) is 2.56. The second kappa shape index (κ2) is 7.06. The van der Waals surface area contributed by atoms with Crippen molar-refractivity contribution in [3.63, 3.8) is 0 Å². The number of nitrogens with zero attached hydrogens (tertiary/aromatic N) is 1. The number of benzene rings is 2. The Bertz CT molecular complexity index is 784. The molecule has 0 saturated carbocycles. The quantitative estimate of drug-likeness (QED) is 0.808. The first kappa shape index (κ1) is 17.4. The Kier molecular flexibility index (Phi) is 5.33. The predicted octanol–water partition coefficient (Wildman–Crippen LogP) is 3.32. The minimum absolute atomic E-state index is 0.117. The van der Waals surface area contributed by atoms with Gasteiger partial charge in [0.1, 0.15) is 0 Å². The van der Waals surface area contributed by atoms with Crippen molar-refractivity contribution < 1.29 is 18.3 Å². The second-order valence-corrected chi connectivity index (χ2v) is 7.44. The van der Waals surface area contributed by atoms with Crippen LogP contribution in [0.1, 0.15) is 17.3 Å². The number of rotatable bonds is 6. The summed E-state index contributed by atoms with van der Waals surface area (Å²) in [7, 11) is -3.69. The molecule has 0 unspecified atom stereocenters. The zero-order valence-corrected chi connectivity index (χ0v) is 14.4. The highest BCUT2D eigenvalue weighted by molar-refractivity contribution is 7.98. The highest BCUT2D eigenvalue weighted by atomic mass is 32.2. The van der Waals surface area contributed by atoms with Crippen LogP contribution in [0.3, 0.4) is 0 Å². The van der Waals surface area contributed by atoms with Crippen LogP contribution in [-0.4, -0.2) is 32.3 Å². The van der Waals surface area contributed by atoms with Crippen LogP contribution >= 0.6 is 11.8 Å². The summed E-state index contributed by atoms with van der Waals surface area (Å²) in [6, 6.07) is 12.5. The molecule has 0 amide bonds. The van der Waals surface area contributed by atoms with Crippen molar-refractivity contribution in [2.45, 2.75) is 16.7 Å². The molecular formula is C16H17NO4S2. The topological polar surface area (TPSA) is 74.7 Å². The van der Waals surface area contributed by atoms with Gasteiger partial charge in [-0.3, -0.25) is 4.31 Å². The summed E-state index contributed by atoms with van der Waals surface area (Å²) in [5, 5.41) is 8.92. The van der Waals surface area contributed by atoms with Gasteiger partial charge < -0.3 is 5.11 Å². The SMILES string of the molecule is CCN(c1ccc(C(=O)O)cc1)S(=O)(=O)c1ccc(SC)cc1. The van der Waals surface area contributed by atoms with Gasteiger partial charge in [-0.15, -0.1) is 11.8 Å². The molecular weight excluding hydrogens is 334 g/mol. The first-order chi connectivity index (χ1) is 10.9. The molecule has 0 radical (unpaired) electrons. The fourth-order valence-electron chi connectivity index (χ4n) is 2.14. The number of aromatic carboxylic acids is 1. The number of anilines is 1. The van der Waals surface area contributed by atoms with Crippen LogP contribution in [0.5, 0.6) is 0 Å². The number of carboxylic acid groups (broad SMARTS) is 1. The maximum Gasteiger partial charge on any atom is 0.335 e. The van der Waals surface area contributed by atoms with Gasteiger partial charge in [-0.1, -0.05) is 0 Å². The molecule has 122 valence electrons. The summed E-state index contributed by atoms with van der Waals surface area (Å²) < 4.78 is 26.8. The van der Waals surface area contributed by atoms with Crippen molar-refractivity contribution in [2.75, 3.05) is 17.1 Å². The van der Waals surface area contributed by atoms with Gasteiger partial charge in [0.25, 0.3) is 10.0 Å². The van der Waals surface area contributed by atoms with E-state index in [9.17, 15) is 13.2 Å². The van der Waals surface area contributed by atoms with Crippen molar-refractivity contribution in [3.8, 4) is 0 Å². The van der Waals surface area contributed by atoms with Gasteiger partial charge >= 0.3 is 5.97 Å². The van der Waals surface area contributed by atoms with E-state index in [-0.39, 0.29) is 17.0 Å². The molecule has 0 aliphatic heterocycles. The fraction of sp³-hybridized carbons (Fsp3) is 0.188. The minimum atomic E-state index is -3.69. The Morgan fingerprint density at radius 1 is 1.09 bits per heavy atom. The largest absolute Gasteiger partial charge is 0.478 e. The zero-order valence-electron chi connectivity index (χ0n) is 12.8. The summed E-state index contributed by atoms with van der Waals surface area (Å²) in [4.78, 5) is 12.1. The number of thioether (sulfide) groups is 1. The molecule has 0 heterocycles. The van der Waals surface area contributed by atoms with Gasteiger partial charge in [-0.05, 0) is 61.7 Å². The lowest BCUT2D eigenvalue weighted by Gasteiger charge is -2.23. The third-order valence-corrected chi connectivity index (χ3v) is 6.00. The summed E-state index contributed by atoms with van der Waals surface area (Å²) in [5.74, 6) is -1.05. The third kappa shape index (κ3) is 3.68. The lowest BCUT2D eigenvalue weighted by molar-refractivity contribution is 0.0697. The Balaban J connectivity index is 2.39. The molecule has 2 aromatic carbocycles. The minimum Gasteiger partial charge on any atom is -0.478 e. The lowest BCUT2D eigenvalue weighted by Crippen LogP contribution is -2.30. The van der Waals surface area contributed by atoms with E-state index in [2.05, 4.69) is 0 Å². The van der Waals surface area contributed by atoms with Gasteiger partial charge in [-0.2, -0.15) is 0 Å². The number of sulfonamides is 1. The molecule has 23 heavy (non-hydrogen) atoms. The van der Waals surface area contributed by atoms with E-state index < -0.39 is 16.0 Å². The Labute approximate surface area is 140 Å². The molecule has 2 aromatic rings. The Morgan fingerprint density at radius 2 is 1.65 bits per heavy atom. The van der Waals surface area contributed by atoms with E-state index in [4.69, 9.17) is 5.11 Å². The van der Waals surface area contributed by atoms with Crippen LogP contribution in [0.4, 0.5) is 5.69 Å². The first-order valence-electron chi connectivity index (χ1n) is 6.90. The molecule has 0 spiro atoms. The molecule has 0 aromatic heterocycles. The van der Waals surface area contributed by atoms with E-state index >= 15 is 0 Å². The van der Waals surface area contributed by atoms with Crippen LogP contribution in [0.25, 0.3) is 0 Å². The van der Waals surface area contributed by atoms with E-state index in [1.165, 1.54) is 40.3 Å². The van der Waals surface area contributed by atoms with Crippen molar-refractivity contribution in [3.05, 3.63) is 54.1 Å². The number of carboxylic acids is 1. The van der Waals surface area contributed by atoms with Crippen LogP contribution in [0.2, 0.25) is 0 Å². The number of carbonyl (C=O) groups is 1. The summed E-state index contributed by atoms with van der Waals surface area (Å²) >= 11 is 1.54.